The fourth-order valence-electron chi connectivity index (χ4n) is 2.14. The Labute approximate surface area is 128 Å². The van der Waals surface area contributed by atoms with Gasteiger partial charge in [0.25, 0.3) is 0 Å². The fraction of sp³-hybridized carbons (Fsp3) is 0.200. The van der Waals surface area contributed by atoms with Gasteiger partial charge in [-0.15, -0.1) is 10.2 Å². The number of aromatic nitrogens is 6. The van der Waals surface area contributed by atoms with Crippen LogP contribution in [0.2, 0.25) is 5.02 Å². The average molecular weight is 345 g/mol. The van der Waals surface area contributed by atoms with Crippen molar-refractivity contribution >= 4 is 24.8 Å². The first-order valence-electron chi connectivity index (χ1n) is 5.91. The summed E-state index contributed by atoms with van der Waals surface area (Å²) in [4.78, 5) is 23.2. The van der Waals surface area contributed by atoms with E-state index in [1.807, 2.05) is 0 Å². The maximum Gasteiger partial charge on any atom is 0.360 e. The van der Waals surface area contributed by atoms with E-state index in [-0.39, 0.29) is 16.5 Å². The van der Waals surface area contributed by atoms with Gasteiger partial charge in [0.05, 0.1) is 16.9 Å². The molecule has 3 aromatic rings. The first-order chi connectivity index (χ1) is 10.4. The minimum Gasteiger partial charge on any atom is -0.363 e. The van der Waals surface area contributed by atoms with E-state index in [4.69, 9.17) is 16.3 Å². The molecule has 0 aliphatic heterocycles. The Morgan fingerprint density at radius 2 is 2.23 bits per heavy atom. The highest BCUT2D eigenvalue weighted by atomic mass is 35.5. The third kappa shape index (κ3) is 2.40. The molecule has 1 atom stereocenters. The molecule has 0 aliphatic carbocycles. The van der Waals surface area contributed by atoms with Crippen LogP contribution in [0.3, 0.4) is 0 Å². The Kier molecular flexibility index (Phi) is 3.71. The molecule has 3 aromatic heterocycles. The number of pyridine rings is 1. The molecule has 0 bridgehead atoms. The average Bonchev–Trinajstić information content (AvgIpc) is 3.08. The van der Waals surface area contributed by atoms with Crippen LogP contribution in [0.15, 0.2) is 18.3 Å². The number of aromatic amines is 1. The first kappa shape index (κ1) is 15.1. The lowest BCUT2D eigenvalue weighted by Crippen LogP contribution is -2.10. The Hall–Kier alpha value is -1.84. The number of fused-ring (bicyclic) bond motifs is 1. The molecular formula is C10H10ClN6O4P. The number of H-pyrrole nitrogens is 1. The van der Waals surface area contributed by atoms with Crippen LogP contribution in [-0.2, 0) is 9.30 Å². The summed E-state index contributed by atoms with van der Waals surface area (Å²) in [6.45, 7) is 0. The van der Waals surface area contributed by atoms with Crippen LogP contribution in [0, 0.1) is 0 Å². The lowest BCUT2D eigenvalue weighted by atomic mass is 10.3. The zero-order chi connectivity index (χ0) is 15.9. The van der Waals surface area contributed by atoms with E-state index in [2.05, 4.69) is 25.6 Å². The van der Waals surface area contributed by atoms with Crippen molar-refractivity contribution in [3.05, 3.63) is 29.0 Å². The zero-order valence-corrected chi connectivity index (χ0v) is 12.7. The van der Waals surface area contributed by atoms with Crippen molar-refractivity contribution in [3.63, 3.8) is 0 Å². The Morgan fingerprint density at radius 1 is 1.45 bits per heavy atom. The van der Waals surface area contributed by atoms with Gasteiger partial charge in [0.2, 0.25) is 5.82 Å². The van der Waals surface area contributed by atoms with Crippen LogP contribution in [0.4, 0.5) is 0 Å². The van der Waals surface area contributed by atoms with Crippen molar-refractivity contribution in [2.24, 2.45) is 0 Å². The van der Waals surface area contributed by atoms with Gasteiger partial charge in [-0.1, -0.05) is 11.6 Å². The number of hydrogen-bond acceptors (Lipinski definition) is 6. The van der Waals surface area contributed by atoms with E-state index < -0.39 is 13.4 Å². The minimum absolute atomic E-state index is 0.0623. The molecule has 0 amide bonds. The summed E-state index contributed by atoms with van der Waals surface area (Å²) >= 11 is 6.14. The summed E-state index contributed by atoms with van der Waals surface area (Å²) in [5.74, 6) is -1.35. The van der Waals surface area contributed by atoms with Crippen LogP contribution in [0.5, 0.6) is 0 Å². The van der Waals surface area contributed by atoms with Gasteiger partial charge in [0.1, 0.15) is 11.3 Å². The molecule has 0 radical (unpaired) electrons. The Balaban J connectivity index is 2.35. The number of tetrazole rings is 1. The molecule has 3 heterocycles. The lowest BCUT2D eigenvalue weighted by molar-refractivity contribution is 0.133. The molecule has 1 unspecified atom stereocenters. The van der Waals surface area contributed by atoms with Crippen LogP contribution in [0.25, 0.3) is 17.2 Å². The second kappa shape index (κ2) is 5.41. The van der Waals surface area contributed by atoms with Gasteiger partial charge in [-0.3, -0.25) is 8.97 Å². The standard InChI is InChI=1S/C10H10ClN6O4P/c1-21-10(22(18,19)20)8-5(11)2-3-7-12-4-6(17(7)8)9-13-15-16-14-9/h2-4,10H,1H3,(H2,18,19,20)(H,13,14,15,16). The van der Waals surface area contributed by atoms with Gasteiger partial charge >= 0.3 is 7.60 Å². The molecule has 10 nitrogen and oxygen atoms in total. The molecule has 0 saturated heterocycles. The predicted molar refractivity (Wildman–Crippen MR) is 75.2 cm³/mol. The van der Waals surface area contributed by atoms with Crippen LogP contribution in [0.1, 0.15) is 11.5 Å². The molecule has 116 valence electrons. The van der Waals surface area contributed by atoms with Gasteiger partial charge in [-0.05, 0) is 17.3 Å². The number of nitrogens with zero attached hydrogens (tertiary/aromatic N) is 5. The number of imidazole rings is 1. The van der Waals surface area contributed by atoms with Gasteiger partial charge in [0, 0.05) is 7.11 Å². The van der Waals surface area contributed by atoms with Crippen LogP contribution in [-0.4, -0.2) is 46.9 Å². The van der Waals surface area contributed by atoms with Crippen LogP contribution >= 0.6 is 19.2 Å². The maximum atomic E-state index is 11.7. The third-order valence-electron chi connectivity index (χ3n) is 2.99. The van der Waals surface area contributed by atoms with Gasteiger partial charge in [-0.25, -0.2) is 4.98 Å². The summed E-state index contributed by atoms with van der Waals surface area (Å²) in [5, 5.41) is 13.6. The minimum atomic E-state index is -4.62. The second-order valence-corrected chi connectivity index (χ2v) is 6.37. The summed E-state index contributed by atoms with van der Waals surface area (Å²) in [6.07, 6.45) is 1.45. The Bertz CT molecular complexity index is 860. The van der Waals surface area contributed by atoms with E-state index in [1.165, 1.54) is 23.8 Å². The number of hydrogen-bond donors (Lipinski definition) is 3. The lowest BCUT2D eigenvalue weighted by Gasteiger charge is -2.20. The Morgan fingerprint density at radius 3 is 2.82 bits per heavy atom. The topological polar surface area (TPSA) is 139 Å². The molecule has 0 saturated carbocycles. The smallest absolute Gasteiger partial charge is 0.360 e. The van der Waals surface area contributed by atoms with Crippen molar-refractivity contribution in [3.8, 4) is 11.5 Å². The largest absolute Gasteiger partial charge is 0.363 e. The van der Waals surface area contributed by atoms with Crippen molar-refractivity contribution in [1.82, 2.24) is 30.0 Å². The fourth-order valence-corrected chi connectivity index (χ4v) is 3.31. The molecule has 0 aliphatic rings. The highest BCUT2D eigenvalue weighted by Gasteiger charge is 2.35. The number of rotatable bonds is 4. The highest BCUT2D eigenvalue weighted by molar-refractivity contribution is 7.52. The normalized spacial score (nSPS) is 13.6. The quantitative estimate of drug-likeness (QED) is 0.595. The molecule has 22 heavy (non-hydrogen) atoms. The molecule has 3 N–H and O–H groups in total. The maximum absolute atomic E-state index is 11.7. The molecular weight excluding hydrogens is 335 g/mol. The van der Waals surface area contributed by atoms with E-state index in [1.54, 1.807) is 6.07 Å². The van der Waals surface area contributed by atoms with Gasteiger partial charge < -0.3 is 14.5 Å². The molecule has 0 aromatic carbocycles. The van der Waals surface area contributed by atoms with E-state index in [0.717, 1.165) is 0 Å². The second-order valence-electron chi connectivity index (χ2n) is 4.32. The van der Waals surface area contributed by atoms with E-state index in [9.17, 15) is 14.4 Å². The molecule has 0 fully saturated rings. The summed E-state index contributed by atoms with van der Waals surface area (Å²) in [6, 6.07) is 3.09. The summed E-state index contributed by atoms with van der Waals surface area (Å²) < 4.78 is 18.1. The van der Waals surface area contributed by atoms with Crippen LogP contribution < -0.4 is 0 Å². The third-order valence-corrected chi connectivity index (χ3v) is 4.38. The number of nitrogens with one attached hydrogen (secondary N) is 1. The molecule has 12 heteroatoms. The zero-order valence-electron chi connectivity index (χ0n) is 11.1. The SMILES string of the molecule is COC(c1c(Cl)ccc2ncc(-c3nn[nH]n3)n12)P(=O)(O)O. The van der Waals surface area contributed by atoms with Crippen molar-refractivity contribution < 1.29 is 19.1 Å². The summed E-state index contributed by atoms with van der Waals surface area (Å²) in [7, 11) is -3.44. The van der Waals surface area contributed by atoms with Gasteiger partial charge in [0.15, 0.2) is 5.85 Å². The van der Waals surface area contributed by atoms with E-state index in [0.29, 0.717) is 11.3 Å². The number of halogens is 1. The highest BCUT2D eigenvalue weighted by Crippen LogP contribution is 2.53. The number of methoxy groups -OCH3 is 1. The molecule has 3 rings (SSSR count). The van der Waals surface area contributed by atoms with Crippen molar-refractivity contribution in [1.29, 1.82) is 0 Å². The molecule has 0 spiro atoms. The van der Waals surface area contributed by atoms with Gasteiger partial charge in [-0.2, -0.15) is 5.21 Å². The number of ether oxygens (including phenoxy) is 1. The monoisotopic (exact) mass is 344 g/mol. The van der Waals surface area contributed by atoms with Crippen molar-refractivity contribution in [2.45, 2.75) is 5.85 Å². The van der Waals surface area contributed by atoms with Crippen molar-refractivity contribution in [2.75, 3.05) is 7.11 Å². The van der Waals surface area contributed by atoms with E-state index >= 15 is 0 Å². The predicted octanol–water partition coefficient (Wildman–Crippen LogP) is 0.990. The summed E-state index contributed by atoms with van der Waals surface area (Å²) in [5.41, 5.74) is 0.846. The first-order valence-corrected chi connectivity index (χ1v) is 7.97.